The number of amides is 1. The minimum Gasteiger partial charge on any atom is -0.352 e. The number of carbonyl (C=O) groups is 1. The zero-order valence-electron chi connectivity index (χ0n) is 13.4. The highest BCUT2D eigenvalue weighted by Crippen LogP contribution is 2.31. The Morgan fingerprint density at radius 2 is 1.91 bits per heavy atom. The zero-order chi connectivity index (χ0) is 16.9. The van der Waals surface area contributed by atoms with Crippen molar-refractivity contribution >= 4 is 27.5 Å². The topological polar surface area (TPSA) is 89.0 Å². The molecule has 1 saturated carbocycles. The van der Waals surface area contributed by atoms with Crippen LogP contribution < -0.4 is 5.32 Å². The smallest absolute Gasteiger partial charge is 0.238 e. The van der Waals surface area contributed by atoms with Gasteiger partial charge in [-0.15, -0.1) is 0 Å². The lowest BCUT2D eigenvalue weighted by Crippen LogP contribution is -2.45. The van der Waals surface area contributed by atoms with Gasteiger partial charge in [0.05, 0.1) is 0 Å². The Morgan fingerprint density at radius 1 is 1.30 bits per heavy atom. The van der Waals surface area contributed by atoms with Crippen LogP contribution in [0.5, 0.6) is 0 Å². The van der Waals surface area contributed by atoms with Gasteiger partial charge >= 0.3 is 0 Å². The van der Waals surface area contributed by atoms with Gasteiger partial charge in [-0.3, -0.25) is 4.79 Å². The molecule has 6 nitrogen and oxygen atoms in total. The summed E-state index contributed by atoms with van der Waals surface area (Å²) in [4.78, 5) is 20.5. The predicted octanol–water partition coefficient (Wildman–Crippen LogP) is 1.82. The second-order valence-corrected chi connectivity index (χ2v) is 9.60. The molecule has 1 heterocycles. The first kappa shape index (κ1) is 18.2. The van der Waals surface area contributed by atoms with E-state index in [4.69, 9.17) is 0 Å². The maximum Gasteiger partial charge on any atom is 0.238 e. The van der Waals surface area contributed by atoms with Crippen molar-refractivity contribution in [2.75, 3.05) is 5.75 Å². The molecule has 0 aliphatic heterocycles. The van der Waals surface area contributed by atoms with Crippen molar-refractivity contribution < 1.29 is 13.2 Å². The summed E-state index contributed by atoms with van der Waals surface area (Å²) >= 11 is 1.67. The molecule has 128 valence electrons. The van der Waals surface area contributed by atoms with E-state index in [-0.39, 0.29) is 17.7 Å². The van der Waals surface area contributed by atoms with Gasteiger partial charge in [-0.05, 0) is 38.7 Å². The van der Waals surface area contributed by atoms with E-state index in [0.717, 1.165) is 30.8 Å². The van der Waals surface area contributed by atoms with Crippen molar-refractivity contribution in [2.45, 2.75) is 61.2 Å². The first-order valence-corrected chi connectivity index (χ1v) is 10.5. The molecule has 1 fully saturated rings. The molecule has 1 N–H and O–H groups in total. The number of hydrogen-bond acceptors (Lipinski definition) is 6. The summed E-state index contributed by atoms with van der Waals surface area (Å²) in [5, 5.41) is 3.14. The molecule has 1 aliphatic rings. The summed E-state index contributed by atoms with van der Waals surface area (Å²) in [5.74, 6) is -0.392. The number of hydrogen-bond donors (Lipinski definition) is 1. The minimum atomic E-state index is -3.33. The highest BCUT2D eigenvalue weighted by molar-refractivity contribution is 7.99. The van der Waals surface area contributed by atoms with Gasteiger partial charge in [0, 0.05) is 29.4 Å². The lowest BCUT2D eigenvalue weighted by molar-refractivity contribution is -0.121. The lowest BCUT2D eigenvalue weighted by atomic mass is 9.95. The van der Waals surface area contributed by atoms with E-state index < -0.39 is 15.1 Å². The molecule has 1 aromatic heterocycles. The number of aromatic nitrogens is 2. The van der Waals surface area contributed by atoms with E-state index in [9.17, 15) is 13.2 Å². The van der Waals surface area contributed by atoms with E-state index in [1.807, 2.05) is 0 Å². The Balaban J connectivity index is 1.79. The standard InChI is InChI=1S/C15H23N3O3S2/c1-3-23(20,21)11(2)14(19)18-12-5-7-13(8-6-12)22-15-16-9-4-10-17-15/h4,9-13H,3,5-8H2,1-2H3,(H,18,19). The van der Waals surface area contributed by atoms with Crippen LogP contribution in [-0.2, 0) is 14.6 Å². The molecular weight excluding hydrogens is 334 g/mol. The molecule has 0 spiro atoms. The van der Waals surface area contributed by atoms with Crippen LogP contribution in [0.25, 0.3) is 0 Å². The summed E-state index contributed by atoms with van der Waals surface area (Å²) in [7, 11) is -3.33. The molecule has 8 heteroatoms. The summed E-state index contributed by atoms with van der Waals surface area (Å²) in [6.45, 7) is 3.02. The summed E-state index contributed by atoms with van der Waals surface area (Å²) in [6.07, 6.45) is 7.10. The Kier molecular flexibility index (Phi) is 6.41. The van der Waals surface area contributed by atoms with Crippen LogP contribution in [0.2, 0.25) is 0 Å². The van der Waals surface area contributed by atoms with Crippen LogP contribution in [0.1, 0.15) is 39.5 Å². The predicted molar refractivity (Wildman–Crippen MR) is 91.0 cm³/mol. The second kappa shape index (κ2) is 8.10. The fraction of sp³-hybridized carbons (Fsp3) is 0.667. The Labute approximate surface area is 141 Å². The van der Waals surface area contributed by atoms with Gasteiger partial charge in [-0.2, -0.15) is 0 Å². The van der Waals surface area contributed by atoms with Gasteiger partial charge in [-0.1, -0.05) is 18.7 Å². The minimum absolute atomic E-state index is 0.0119. The van der Waals surface area contributed by atoms with Crippen LogP contribution >= 0.6 is 11.8 Å². The normalized spacial score (nSPS) is 23.2. The first-order chi connectivity index (χ1) is 10.9. The van der Waals surface area contributed by atoms with Crippen LogP contribution in [0, 0.1) is 0 Å². The SMILES string of the molecule is CCS(=O)(=O)C(C)C(=O)NC1CCC(Sc2ncccn2)CC1. The molecule has 0 aromatic carbocycles. The van der Waals surface area contributed by atoms with Crippen LogP contribution in [0.15, 0.2) is 23.6 Å². The summed E-state index contributed by atoms with van der Waals surface area (Å²) in [5.41, 5.74) is 0. The highest BCUT2D eigenvalue weighted by atomic mass is 32.2. The van der Waals surface area contributed by atoms with E-state index in [1.165, 1.54) is 6.92 Å². The number of carbonyl (C=O) groups excluding carboxylic acids is 1. The summed E-state index contributed by atoms with van der Waals surface area (Å²) in [6, 6.07) is 1.85. The van der Waals surface area contributed by atoms with Crippen molar-refractivity contribution in [1.82, 2.24) is 15.3 Å². The Hall–Kier alpha value is -1.15. The van der Waals surface area contributed by atoms with Crippen molar-refractivity contribution in [1.29, 1.82) is 0 Å². The number of thioether (sulfide) groups is 1. The number of nitrogens with one attached hydrogen (secondary N) is 1. The van der Waals surface area contributed by atoms with E-state index in [2.05, 4.69) is 15.3 Å². The Morgan fingerprint density at radius 3 is 2.48 bits per heavy atom. The highest BCUT2D eigenvalue weighted by Gasteiger charge is 2.29. The quantitative estimate of drug-likeness (QED) is 0.781. The largest absolute Gasteiger partial charge is 0.352 e. The number of rotatable bonds is 6. The summed E-state index contributed by atoms with van der Waals surface area (Å²) < 4.78 is 23.5. The molecule has 23 heavy (non-hydrogen) atoms. The van der Waals surface area contributed by atoms with Gasteiger partial charge in [0.15, 0.2) is 15.0 Å². The van der Waals surface area contributed by atoms with Crippen LogP contribution in [0.4, 0.5) is 0 Å². The van der Waals surface area contributed by atoms with E-state index in [1.54, 1.807) is 37.1 Å². The zero-order valence-corrected chi connectivity index (χ0v) is 15.1. The third kappa shape index (κ3) is 5.17. The average molecular weight is 358 g/mol. The third-order valence-corrected chi connectivity index (χ3v) is 7.47. The fourth-order valence-electron chi connectivity index (χ4n) is 2.55. The van der Waals surface area contributed by atoms with Gasteiger partial charge in [0.25, 0.3) is 0 Å². The van der Waals surface area contributed by atoms with Gasteiger partial charge in [-0.25, -0.2) is 18.4 Å². The molecule has 0 bridgehead atoms. The third-order valence-electron chi connectivity index (χ3n) is 4.15. The van der Waals surface area contributed by atoms with Crippen molar-refractivity contribution in [3.63, 3.8) is 0 Å². The van der Waals surface area contributed by atoms with Gasteiger partial charge in [0.2, 0.25) is 5.91 Å². The molecule has 1 atom stereocenters. The van der Waals surface area contributed by atoms with Gasteiger partial charge in [0.1, 0.15) is 5.25 Å². The van der Waals surface area contributed by atoms with Crippen molar-refractivity contribution in [3.8, 4) is 0 Å². The Bertz CT molecular complexity index is 614. The molecule has 1 amide bonds. The maximum atomic E-state index is 12.1. The number of sulfone groups is 1. The lowest BCUT2D eigenvalue weighted by Gasteiger charge is -2.29. The first-order valence-electron chi connectivity index (χ1n) is 7.88. The molecule has 2 rings (SSSR count). The molecule has 0 radical (unpaired) electrons. The van der Waals surface area contributed by atoms with Crippen LogP contribution in [0.3, 0.4) is 0 Å². The van der Waals surface area contributed by atoms with Gasteiger partial charge < -0.3 is 5.32 Å². The number of nitrogens with zero attached hydrogens (tertiary/aromatic N) is 2. The molecule has 1 aliphatic carbocycles. The average Bonchev–Trinajstić information content (AvgIpc) is 2.56. The van der Waals surface area contributed by atoms with E-state index >= 15 is 0 Å². The van der Waals surface area contributed by atoms with Crippen molar-refractivity contribution in [2.24, 2.45) is 0 Å². The monoisotopic (exact) mass is 357 g/mol. The molecular formula is C15H23N3O3S2. The molecule has 1 unspecified atom stereocenters. The molecule has 0 saturated heterocycles. The fourth-order valence-corrected chi connectivity index (χ4v) is 4.50. The second-order valence-electron chi connectivity index (χ2n) is 5.73. The molecule has 1 aromatic rings. The van der Waals surface area contributed by atoms with E-state index in [0.29, 0.717) is 5.25 Å². The maximum absolute atomic E-state index is 12.1. The van der Waals surface area contributed by atoms with Crippen LogP contribution in [-0.4, -0.2) is 46.6 Å². The van der Waals surface area contributed by atoms with Crippen molar-refractivity contribution in [3.05, 3.63) is 18.5 Å².